The lowest BCUT2D eigenvalue weighted by molar-refractivity contribution is -0.149. The van der Waals surface area contributed by atoms with E-state index in [2.05, 4.69) is 37.6 Å². The Hall–Kier alpha value is -4.32. The first-order valence-corrected chi connectivity index (χ1v) is 16.9. The van der Waals surface area contributed by atoms with Gasteiger partial charge in [0.25, 0.3) is 0 Å². The summed E-state index contributed by atoms with van der Waals surface area (Å²) in [7, 11) is 1.51. The van der Waals surface area contributed by atoms with Crippen molar-refractivity contribution in [2.24, 2.45) is 11.8 Å². The molecule has 48 heavy (non-hydrogen) atoms. The van der Waals surface area contributed by atoms with Crippen LogP contribution in [0.15, 0.2) is 58.7 Å². The number of aromatic nitrogens is 1. The SMILES string of the molecule is CC1=CC(C)CC(C)OC(=O)CC(c2ccc(O)c(O)c2)NC(=O)C(Cc2c(Br)[nH]c3ccccc23)N(C)C(=O)C(C)NC(=O)C(C)C1. The molecule has 0 fully saturated rings. The zero-order valence-electron chi connectivity index (χ0n) is 28.2. The Bertz CT molecular complexity index is 1700. The van der Waals surface area contributed by atoms with E-state index in [9.17, 15) is 29.4 Å². The number of carbonyl (C=O) groups is 4. The highest BCUT2D eigenvalue weighted by molar-refractivity contribution is 9.10. The maximum Gasteiger partial charge on any atom is 0.308 e. The number of esters is 1. The highest BCUT2D eigenvalue weighted by atomic mass is 79.9. The molecule has 0 aliphatic carbocycles. The van der Waals surface area contributed by atoms with E-state index in [1.807, 2.05) is 38.1 Å². The summed E-state index contributed by atoms with van der Waals surface area (Å²) in [6, 6.07) is 8.65. The van der Waals surface area contributed by atoms with Crippen LogP contribution in [0.3, 0.4) is 0 Å². The second-order valence-corrected chi connectivity index (χ2v) is 13.8. The number of nitrogens with one attached hydrogen (secondary N) is 3. The topological polar surface area (TPSA) is 161 Å². The van der Waals surface area contributed by atoms with Gasteiger partial charge in [-0.3, -0.25) is 19.2 Å². The van der Waals surface area contributed by atoms with Crippen molar-refractivity contribution in [3.8, 4) is 11.5 Å². The summed E-state index contributed by atoms with van der Waals surface area (Å²) in [4.78, 5) is 59.2. The number of ether oxygens (including phenoxy) is 1. The van der Waals surface area contributed by atoms with E-state index in [1.165, 1.54) is 30.1 Å². The molecule has 3 aromatic rings. The molecule has 0 saturated carbocycles. The van der Waals surface area contributed by atoms with E-state index < -0.39 is 53.7 Å². The van der Waals surface area contributed by atoms with Gasteiger partial charge in [0.2, 0.25) is 17.7 Å². The molecule has 0 bridgehead atoms. The van der Waals surface area contributed by atoms with Crippen molar-refractivity contribution in [2.45, 2.75) is 84.5 Å². The van der Waals surface area contributed by atoms with Gasteiger partial charge in [0, 0.05) is 30.3 Å². The number of amides is 3. The van der Waals surface area contributed by atoms with E-state index in [4.69, 9.17) is 4.74 Å². The number of carbonyl (C=O) groups excluding carboxylic acids is 4. The molecule has 0 spiro atoms. The van der Waals surface area contributed by atoms with Crippen LogP contribution < -0.4 is 10.6 Å². The third-order valence-corrected chi connectivity index (χ3v) is 9.45. The third kappa shape index (κ3) is 8.97. The summed E-state index contributed by atoms with van der Waals surface area (Å²) in [5.74, 6) is -3.02. The van der Waals surface area contributed by atoms with Crippen molar-refractivity contribution >= 4 is 50.5 Å². The molecular formula is C36H45BrN4O7. The number of phenolic OH excluding ortho intramolecular Hbond substituents is 2. The Kier molecular flexibility index (Phi) is 12.0. The summed E-state index contributed by atoms with van der Waals surface area (Å²) in [5.41, 5.74) is 2.96. The van der Waals surface area contributed by atoms with Crippen molar-refractivity contribution in [2.75, 3.05) is 7.05 Å². The Morgan fingerprint density at radius 2 is 1.65 bits per heavy atom. The molecule has 1 aliphatic rings. The van der Waals surface area contributed by atoms with Gasteiger partial charge in [0.05, 0.1) is 23.2 Å². The monoisotopic (exact) mass is 724 g/mol. The largest absolute Gasteiger partial charge is 0.504 e. The fourth-order valence-electron chi connectivity index (χ4n) is 6.33. The third-order valence-electron chi connectivity index (χ3n) is 8.78. The molecule has 1 aliphatic heterocycles. The number of hydrogen-bond donors (Lipinski definition) is 5. The zero-order chi connectivity index (χ0) is 35.3. The van der Waals surface area contributed by atoms with Crippen molar-refractivity contribution in [1.29, 1.82) is 0 Å². The molecule has 2 heterocycles. The van der Waals surface area contributed by atoms with Crippen LogP contribution in [0.25, 0.3) is 10.9 Å². The maximum atomic E-state index is 14.3. The lowest BCUT2D eigenvalue weighted by Crippen LogP contribution is -2.55. The second-order valence-electron chi connectivity index (χ2n) is 13.0. The smallest absolute Gasteiger partial charge is 0.308 e. The highest BCUT2D eigenvalue weighted by Crippen LogP contribution is 2.31. The molecule has 0 saturated heterocycles. The number of aromatic hydroxyl groups is 2. The van der Waals surface area contributed by atoms with E-state index in [-0.39, 0.29) is 30.4 Å². The van der Waals surface area contributed by atoms with Gasteiger partial charge in [0.1, 0.15) is 12.1 Å². The molecule has 258 valence electrons. The summed E-state index contributed by atoms with van der Waals surface area (Å²) in [6.07, 6.45) is 2.46. The molecule has 6 unspecified atom stereocenters. The number of likely N-dealkylation sites (N-methyl/N-ethyl adjacent to an activating group) is 1. The molecule has 12 heteroatoms. The standard InChI is InChI=1S/C36H45BrN4O7/c1-19-13-20(2)15-22(4)48-32(44)18-28(24-11-12-30(42)31(43)16-24)40-35(46)29(17-26-25-9-7-8-10-27(25)39-33(26)37)41(6)36(47)23(5)38-34(45)21(3)14-19/h7-13,16,20-23,28-29,39,42-43H,14-15,17-18H2,1-6H3,(H,38,45)(H,40,46). The van der Waals surface area contributed by atoms with Crippen molar-refractivity contribution in [3.63, 3.8) is 0 Å². The Balaban J connectivity index is 1.76. The normalized spacial score (nSPS) is 25.7. The van der Waals surface area contributed by atoms with Crippen LogP contribution in [0, 0.1) is 11.8 Å². The average molecular weight is 726 g/mol. The summed E-state index contributed by atoms with van der Waals surface area (Å²) >= 11 is 3.58. The minimum atomic E-state index is -1.08. The van der Waals surface area contributed by atoms with Crippen LogP contribution in [-0.2, 0) is 30.3 Å². The lowest BCUT2D eigenvalue weighted by atomic mass is 9.95. The van der Waals surface area contributed by atoms with Gasteiger partial charge < -0.3 is 35.5 Å². The first-order chi connectivity index (χ1) is 22.6. The fourth-order valence-corrected chi connectivity index (χ4v) is 6.92. The molecule has 5 N–H and O–H groups in total. The van der Waals surface area contributed by atoms with E-state index in [1.54, 1.807) is 20.8 Å². The number of H-pyrrole nitrogens is 1. The predicted octanol–water partition coefficient (Wildman–Crippen LogP) is 5.41. The minimum absolute atomic E-state index is 0.0495. The van der Waals surface area contributed by atoms with Crippen LogP contribution in [0.2, 0.25) is 0 Å². The van der Waals surface area contributed by atoms with Crippen LogP contribution in [0.4, 0.5) is 0 Å². The van der Waals surface area contributed by atoms with Crippen LogP contribution >= 0.6 is 15.9 Å². The molecule has 0 radical (unpaired) electrons. The number of fused-ring (bicyclic) bond motifs is 1. The number of para-hydroxylation sites is 1. The van der Waals surface area contributed by atoms with Crippen molar-refractivity contribution in [3.05, 3.63) is 69.8 Å². The lowest BCUT2D eigenvalue weighted by Gasteiger charge is -2.32. The number of aromatic amines is 1. The molecule has 1 aromatic heterocycles. The number of hydrogen-bond acceptors (Lipinski definition) is 7. The quantitative estimate of drug-likeness (QED) is 0.137. The molecule has 11 nitrogen and oxygen atoms in total. The predicted molar refractivity (Wildman–Crippen MR) is 186 cm³/mol. The van der Waals surface area contributed by atoms with Crippen LogP contribution in [0.5, 0.6) is 11.5 Å². The second kappa shape index (κ2) is 15.7. The van der Waals surface area contributed by atoms with Gasteiger partial charge in [-0.2, -0.15) is 0 Å². The van der Waals surface area contributed by atoms with Gasteiger partial charge in [-0.15, -0.1) is 0 Å². The number of cyclic esters (lactones) is 1. The van der Waals surface area contributed by atoms with Gasteiger partial charge >= 0.3 is 5.97 Å². The van der Waals surface area contributed by atoms with Crippen LogP contribution in [-0.4, -0.2) is 69.0 Å². The van der Waals surface area contributed by atoms with Gasteiger partial charge in [0.15, 0.2) is 11.5 Å². The van der Waals surface area contributed by atoms with Crippen molar-refractivity contribution in [1.82, 2.24) is 20.5 Å². The van der Waals surface area contributed by atoms with Gasteiger partial charge in [-0.1, -0.05) is 49.8 Å². The van der Waals surface area contributed by atoms with Gasteiger partial charge in [-0.05, 0) is 84.8 Å². The first-order valence-electron chi connectivity index (χ1n) is 16.2. The number of phenols is 2. The Labute approximate surface area is 289 Å². The first kappa shape index (κ1) is 36.5. The van der Waals surface area contributed by atoms with Crippen molar-refractivity contribution < 1.29 is 34.1 Å². The number of rotatable bonds is 3. The number of allylic oxidation sites excluding steroid dienone is 2. The van der Waals surface area contributed by atoms with Crippen LogP contribution in [0.1, 0.15) is 71.0 Å². The summed E-state index contributed by atoms with van der Waals surface area (Å²) in [6.45, 7) is 9.15. The molecule has 2 aromatic carbocycles. The zero-order valence-corrected chi connectivity index (χ0v) is 29.8. The maximum absolute atomic E-state index is 14.3. The number of nitrogens with zero attached hydrogens (tertiary/aromatic N) is 1. The summed E-state index contributed by atoms with van der Waals surface area (Å²) < 4.78 is 6.41. The summed E-state index contributed by atoms with van der Waals surface area (Å²) in [5, 5.41) is 26.8. The van der Waals surface area contributed by atoms with E-state index in [0.29, 0.717) is 23.0 Å². The molecule has 6 atom stereocenters. The Morgan fingerprint density at radius 1 is 0.938 bits per heavy atom. The fraction of sp³-hybridized carbons (Fsp3) is 0.444. The number of halogens is 1. The minimum Gasteiger partial charge on any atom is -0.504 e. The Morgan fingerprint density at radius 3 is 2.35 bits per heavy atom. The molecule has 4 rings (SSSR count). The average Bonchev–Trinajstić information content (AvgIpc) is 3.33. The number of benzene rings is 2. The van der Waals surface area contributed by atoms with Gasteiger partial charge in [-0.25, -0.2) is 0 Å². The van der Waals surface area contributed by atoms with E-state index in [0.717, 1.165) is 22.0 Å². The highest BCUT2D eigenvalue weighted by Gasteiger charge is 2.34. The molecule has 3 amide bonds. The molecular weight excluding hydrogens is 680 g/mol. The van der Waals surface area contributed by atoms with E-state index >= 15 is 0 Å².